The van der Waals surface area contributed by atoms with E-state index in [1.54, 1.807) is 7.05 Å². The van der Waals surface area contributed by atoms with Crippen LogP contribution in [-0.4, -0.2) is 61.9 Å². The van der Waals surface area contributed by atoms with Crippen LogP contribution in [0.15, 0.2) is 0 Å². The van der Waals surface area contributed by atoms with E-state index >= 15 is 0 Å². The zero-order valence-electron chi connectivity index (χ0n) is 12.9. The number of nitrogens with one attached hydrogen (secondary N) is 1. The number of ether oxygens (including phenoxy) is 2. The van der Waals surface area contributed by atoms with Crippen molar-refractivity contribution in [1.82, 2.24) is 10.2 Å². The zero-order chi connectivity index (χ0) is 14.5. The van der Waals surface area contributed by atoms with E-state index in [2.05, 4.69) is 24.1 Å². The van der Waals surface area contributed by atoms with E-state index in [1.165, 1.54) is 0 Å². The van der Waals surface area contributed by atoms with E-state index in [0.29, 0.717) is 6.61 Å². The van der Waals surface area contributed by atoms with Gasteiger partial charge in [-0.2, -0.15) is 0 Å². The van der Waals surface area contributed by atoms with Crippen LogP contribution in [0, 0.1) is 0 Å². The van der Waals surface area contributed by atoms with Crippen molar-refractivity contribution < 1.29 is 14.3 Å². The monoisotopic (exact) mass is 272 g/mol. The summed E-state index contributed by atoms with van der Waals surface area (Å²) in [6.07, 6.45) is 0.735. The van der Waals surface area contributed by atoms with Crippen molar-refractivity contribution in [3.63, 3.8) is 0 Å². The maximum absolute atomic E-state index is 12.0. The van der Waals surface area contributed by atoms with Crippen LogP contribution in [0.3, 0.4) is 0 Å². The van der Waals surface area contributed by atoms with E-state index in [0.717, 1.165) is 32.7 Å². The summed E-state index contributed by atoms with van der Waals surface area (Å²) in [6, 6.07) is 0. The molecule has 1 N–H and O–H groups in total. The van der Waals surface area contributed by atoms with Crippen molar-refractivity contribution in [2.75, 3.05) is 39.9 Å². The number of morpholine rings is 1. The van der Waals surface area contributed by atoms with Gasteiger partial charge in [0, 0.05) is 19.6 Å². The van der Waals surface area contributed by atoms with Gasteiger partial charge in [-0.3, -0.25) is 9.69 Å². The van der Waals surface area contributed by atoms with Crippen LogP contribution >= 0.6 is 0 Å². The molecule has 112 valence electrons. The van der Waals surface area contributed by atoms with Gasteiger partial charge in [-0.1, -0.05) is 0 Å². The fraction of sp³-hybridized carbons (Fsp3) is 0.929. The highest BCUT2D eigenvalue weighted by molar-refractivity contribution is 5.80. The Balaban J connectivity index is 2.51. The lowest BCUT2D eigenvalue weighted by Crippen LogP contribution is -2.53. The van der Waals surface area contributed by atoms with Crippen LogP contribution in [0.25, 0.3) is 0 Å². The number of carbonyl (C=O) groups excluding carboxylic acids is 1. The molecule has 1 saturated heterocycles. The van der Waals surface area contributed by atoms with E-state index in [4.69, 9.17) is 9.47 Å². The van der Waals surface area contributed by atoms with E-state index in [-0.39, 0.29) is 11.6 Å². The molecule has 19 heavy (non-hydrogen) atoms. The highest BCUT2D eigenvalue weighted by Crippen LogP contribution is 2.19. The summed E-state index contributed by atoms with van der Waals surface area (Å²) in [5, 5.41) is 3.09. The van der Waals surface area contributed by atoms with Gasteiger partial charge < -0.3 is 14.8 Å². The molecule has 0 amide bonds. The molecule has 0 radical (unpaired) electrons. The molecule has 1 aliphatic rings. The molecule has 5 nitrogen and oxygen atoms in total. The molecule has 1 rings (SSSR count). The molecule has 0 aromatic heterocycles. The molecule has 0 aliphatic carbocycles. The summed E-state index contributed by atoms with van der Waals surface area (Å²) in [4.78, 5) is 14.3. The van der Waals surface area contributed by atoms with E-state index in [1.807, 2.05) is 13.8 Å². The minimum Gasteiger partial charge on any atom is -0.465 e. The molecular formula is C14H28N2O3. The lowest BCUT2D eigenvalue weighted by molar-refractivity contribution is -0.151. The molecule has 0 bridgehead atoms. The van der Waals surface area contributed by atoms with Crippen LogP contribution in [0.4, 0.5) is 0 Å². The molecule has 1 fully saturated rings. The second-order valence-electron chi connectivity index (χ2n) is 5.94. The highest BCUT2D eigenvalue weighted by Gasteiger charge is 2.34. The molecule has 1 unspecified atom stereocenters. The fourth-order valence-corrected chi connectivity index (χ4v) is 2.31. The van der Waals surface area contributed by atoms with Crippen LogP contribution in [-0.2, 0) is 14.3 Å². The minimum atomic E-state index is -0.613. The first-order valence-electron chi connectivity index (χ1n) is 7.05. The maximum atomic E-state index is 12.0. The average Bonchev–Trinajstić information content (AvgIpc) is 2.35. The average molecular weight is 272 g/mol. The Kier molecular flexibility index (Phi) is 5.77. The van der Waals surface area contributed by atoms with Crippen molar-refractivity contribution in [1.29, 1.82) is 0 Å². The van der Waals surface area contributed by atoms with Gasteiger partial charge in [-0.05, 0) is 41.2 Å². The van der Waals surface area contributed by atoms with Crippen LogP contribution < -0.4 is 5.32 Å². The van der Waals surface area contributed by atoms with Gasteiger partial charge in [0.2, 0.25) is 0 Å². The molecule has 5 heteroatoms. The summed E-state index contributed by atoms with van der Waals surface area (Å²) in [5.41, 5.74) is -0.712. The maximum Gasteiger partial charge on any atom is 0.326 e. The van der Waals surface area contributed by atoms with Gasteiger partial charge in [-0.25, -0.2) is 0 Å². The lowest BCUT2D eigenvalue weighted by atomic mass is 9.97. The van der Waals surface area contributed by atoms with Crippen LogP contribution in [0.2, 0.25) is 0 Å². The van der Waals surface area contributed by atoms with Crippen LogP contribution in [0.1, 0.15) is 34.1 Å². The molecule has 0 spiro atoms. The lowest BCUT2D eigenvalue weighted by Gasteiger charge is -2.39. The third kappa shape index (κ3) is 4.75. The molecule has 0 saturated carbocycles. The summed E-state index contributed by atoms with van der Waals surface area (Å²) in [5.74, 6) is -0.176. The highest BCUT2D eigenvalue weighted by atomic mass is 16.5. The van der Waals surface area contributed by atoms with Crippen molar-refractivity contribution in [2.45, 2.75) is 45.3 Å². The number of esters is 1. The first-order valence-corrected chi connectivity index (χ1v) is 7.05. The summed E-state index contributed by atoms with van der Waals surface area (Å²) < 4.78 is 10.8. The normalized spacial score (nSPS) is 22.8. The summed E-state index contributed by atoms with van der Waals surface area (Å²) >= 11 is 0. The summed E-state index contributed by atoms with van der Waals surface area (Å²) in [7, 11) is 1.81. The molecular weight excluding hydrogens is 244 g/mol. The Bertz CT molecular complexity index is 307. The van der Waals surface area contributed by atoms with Gasteiger partial charge >= 0.3 is 5.97 Å². The van der Waals surface area contributed by atoms with Crippen LogP contribution in [0.5, 0.6) is 0 Å². The molecule has 0 aromatic rings. The standard InChI is InChI=1S/C14H28N2O3/c1-6-18-12(17)14(4,15-5)7-8-16-9-10-19-13(2,3)11-16/h15H,6-11H2,1-5H3. The fourth-order valence-electron chi connectivity index (χ4n) is 2.31. The predicted molar refractivity (Wildman–Crippen MR) is 75.2 cm³/mol. The van der Waals surface area contributed by atoms with Crippen molar-refractivity contribution in [3.05, 3.63) is 0 Å². The third-order valence-corrected chi connectivity index (χ3v) is 3.71. The number of rotatable bonds is 6. The van der Waals surface area contributed by atoms with Gasteiger partial charge in [0.15, 0.2) is 0 Å². The predicted octanol–water partition coefficient (Wildman–Crippen LogP) is 1.03. The number of likely N-dealkylation sites (N-methyl/N-ethyl adjacent to an activating group) is 1. The second-order valence-corrected chi connectivity index (χ2v) is 5.94. The number of hydrogen-bond donors (Lipinski definition) is 1. The smallest absolute Gasteiger partial charge is 0.326 e. The third-order valence-electron chi connectivity index (χ3n) is 3.71. The Labute approximate surface area is 116 Å². The quantitative estimate of drug-likeness (QED) is 0.732. The Morgan fingerprint density at radius 2 is 2.21 bits per heavy atom. The van der Waals surface area contributed by atoms with Crippen molar-refractivity contribution >= 4 is 5.97 Å². The molecule has 1 atom stereocenters. The molecule has 1 aliphatic heterocycles. The number of hydrogen-bond acceptors (Lipinski definition) is 5. The Morgan fingerprint density at radius 1 is 1.53 bits per heavy atom. The van der Waals surface area contributed by atoms with Gasteiger partial charge in [0.1, 0.15) is 5.54 Å². The zero-order valence-corrected chi connectivity index (χ0v) is 12.9. The Hall–Kier alpha value is -0.650. The molecule has 1 heterocycles. The van der Waals surface area contributed by atoms with Gasteiger partial charge in [0.05, 0.1) is 18.8 Å². The first-order chi connectivity index (χ1) is 8.83. The number of carbonyl (C=O) groups is 1. The Morgan fingerprint density at radius 3 is 2.74 bits per heavy atom. The first kappa shape index (κ1) is 16.4. The summed E-state index contributed by atoms with van der Waals surface area (Å²) in [6.45, 7) is 11.8. The van der Waals surface area contributed by atoms with Gasteiger partial charge in [-0.15, -0.1) is 0 Å². The number of nitrogens with zero attached hydrogens (tertiary/aromatic N) is 1. The van der Waals surface area contributed by atoms with Gasteiger partial charge in [0.25, 0.3) is 0 Å². The minimum absolute atomic E-state index is 0.0990. The SMILES string of the molecule is CCOC(=O)C(C)(CCN1CCOC(C)(C)C1)NC. The second kappa shape index (κ2) is 6.68. The van der Waals surface area contributed by atoms with Crippen molar-refractivity contribution in [3.8, 4) is 0 Å². The molecule has 0 aromatic carbocycles. The topological polar surface area (TPSA) is 50.8 Å². The largest absolute Gasteiger partial charge is 0.465 e. The van der Waals surface area contributed by atoms with E-state index in [9.17, 15) is 4.79 Å². The van der Waals surface area contributed by atoms with Crippen molar-refractivity contribution in [2.24, 2.45) is 0 Å². The van der Waals surface area contributed by atoms with E-state index < -0.39 is 5.54 Å².